The molecular weight excluding hydrogens is 712 g/mol. The van der Waals surface area contributed by atoms with Crippen LogP contribution < -0.4 is 9.47 Å². The van der Waals surface area contributed by atoms with Crippen molar-refractivity contribution in [3.05, 3.63) is 120 Å². The molecule has 2 saturated carbocycles. The van der Waals surface area contributed by atoms with Crippen LogP contribution in [0.2, 0.25) is 0 Å². The third kappa shape index (κ3) is 12.0. The lowest BCUT2D eigenvalue weighted by molar-refractivity contribution is -0.138. The van der Waals surface area contributed by atoms with Gasteiger partial charge in [0.15, 0.2) is 11.5 Å². The highest BCUT2D eigenvalue weighted by Crippen LogP contribution is 2.39. The molecule has 0 unspecified atom stereocenters. The van der Waals surface area contributed by atoms with Crippen molar-refractivity contribution in [3.63, 3.8) is 0 Å². The highest BCUT2D eigenvalue weighted by molar-refractivity contribution is 5.95. The minimum atomic E-state index is -0.660. The number of hydrogen-bond acceptors (Lipinski definition) is 10. The van der Waals surface area contributed by atoms with Crippen LogP contribution in [0.15, 0.2) is 92.0 Å². The Morgan fingerprint density at radius 2 is 0.964 bits per heavy atom. The Hall–Kier alpha value is -5.51. The molecule has 3 aromatic rings. The van der Waals surface area contributed by atoms with Gasteiger partial charge in [0.1, 0.15) is 0 Å². The Bertz CT molecular complexity index is 1830. The molecule has 296 valence electrons. The molecule has 0 bridgehead atoms. The lowest BCUT2D eigenvalue weighted by Crippen LogP contribution is -2.15. The van der Waals surface area contributed by atoms with Gasteiger partial charge >= 0.3 is 29.8 Å². The quantitative estimate of drug-likeness (QED) is 0.0431. The Morgan fingerprint density at radius 3 is 1.38 bits per heavy atom. The molecule has 0 atom stereocenters. The topological polar surface area (TPSA) is 132 Å². The van der Waals surface area contributed by atoms with Crippen LogP contribution in [0.4, 0.5) is 0 Å². The van der Waals surface area contributed by atoms with Gasteiger partial charge in [-0.3, -0.25) is 0 Å². The summed E-state index contributed by atoms with van der Waals surface area (Å²) in [6, 6.07) is 18.9. The Balaban J connectivity index is 1.15. The van der Waals surface area contributed by atoms with Gasteiger partial charge < -0.3 is 23.7 Å². The number of ether oxygens (including phenoxy) is 5. The van der Waals surface area contributed by atoms with Gasteiger partial charge in [0.05, 0.1) is 37.0 Å². The van der Waals surface area contributed by atoms with E-state index in [-0.39, 0.29) is 29.0 Å². The highest BCUT2D eigenvalue weighted by atomic mass is 16.6. The van der Waals surface area contributed by atoms with Crippen molar-refractivity contribution in [1.29, 1.82) is 0 Å². The van der Waals surface area contributed by atoms with Crippen LogP contribution in [0.1, 0.15) is 131 Å². The second kappa shape index (κ2) is 21.0. The van der Waals surface area contributed by atoms with Crippen LogP contribution in [0.3, 0.4) is 0 Å². The van der Waals surface area contributed by atoms with Gasteiger partial charge in [0.25, 0.3) is 0 Å². The minimum Gasteiger partial charge on any atom is -0.465 e. The van der Waals surface area contributed by atoms with E-state index in [2.05, 4.69) is 13.2 Å². The molecule has 2 aliphatic carbocycles. The summed E-state index contributed by atoms with van der Waals surface area (Å²) >= 11 is 0. The molecular formula is C46H52O10. The molecule has 56 heavy (non-hydrogen) atoms. The number of carbonyl (C=O) groups is 5. The van der Waals surface area contributed by atoms with Crippen LogP contribution in [0.5, 0.6) is 11.5 Å². The van der Waals surface area contributed by atoms with Crippen LogP contribution in [-0.4, -0.2) is 50.2 Å². The molecule has 0 radical (unpaired) electrons. The van der Waals surface area contributed by atoms with Crippen molar-refractivity contribution in [2.24, 2.45) is 11.8 Å². The van der Waals surface area contributed by atoms with E-state index in [1.807, 2.05) is 24.3 Å². The summed E-state index contributed by atoms with van der Waals surface area (Å²) in [5, 5.41) is 0. The molecule has 10 nitrogen and oxygen atoms in total. The first-order valence-corrected chi connectivity index (χ1v) is 19.6. The van der Waals surface area contributed by atoms with Gasteiger partial charge in [-0.2, -0.15) is 0 Å². The van der Waals surface area contributed by atoms with Crippen LogP contribution >= 0.6 is 0 Å². The van der Waals surface area contributed by atoms with Crippen molar-refractivity contribution in [2.45, 2.75) is 88.9 Å². The lowest BCUT2D eigenvalue weighted by atomic mass is 9.77. The average Bonchev–Trinajstić information content (AvgIpc) is 3.24. The molecule has 10 heteroatoms. The first kappa shape index (κ1) is 41.6. The Labute approximate surface area is 329 Å². The summed E-state index contributed by atoms with van der Waals surface area (Å²) < 4.78 is 26.5. The maximum absolute atomic E-state index is 13.4. The van der Waals surface area contributed by atoms with Gasteiger partial charge in [0, 0.05) is 12.2 Å². The zero-order valence-corrected chi connectivity index (χ0v) is 32.2. The largest absolute Gasteiger partial charge is 0.465 e. The summed E-state index contributed by atoms with van der Waals surface area (Å²) in [5.74, 6) is -0.794. The van der Waals surface area contributed by atoms with E-state index in [4.69, 9.17) is 23.7 Å². The van der Waals surface area contributed by atoms with Crippen molar-refractivity contribution in [3.8, 4) is 11.5 Å². The molecule has 0 aromatic heterocycles. The summed E-state index contributed by atoms with van der Waals surface area (Å²) in [5.41, 5.74) is 3.10. The van der Waals surface area contributed by atoms with E-state index < -0.39 is 17.9 Å². The molecule has 3 aromatic carbocycles. The maximum atomic E-state index is 13.4. The fraction of sp³-hybridized carbons (Fsp3) is 0.413. The van der Waals surface area contributed by atoms with Crippen molar-refractivity contribution in [1.82, 2.24) is 0 Å². The average molecular weight is 765 g/mol. The normalized spacial score (nSPS) is 19.2. The van der Waals surface area contributed by atoms with Crippen LogP contribution in [-0.2, 0) is 23.8 Å². The predicted molar refractivity (Wildman–Crippen MR) is 211 cm³/mol. The van der Waals surface area contributed by atoms with Crippen molar-refractivity contribution < 1.29 is 47.7 Å². The fourth-order valence-electron chi connectivity index (χ4n) is 7.79. The molecule has 2 aliphatic rings. The fourth-order valence-corrected chi connectivity index (χ4v) is 7.79. The Morgan fingerprint density at radius 1 is 0.554 bits per heavy atom. The van der Waals surface area contributed by atoms with Crippen LogP contribution in [0, 0.1) is 11.8 Å². The van der Waals surface area contributed by atoms with E-state index >= 15 is 0 Å². The van der Waals surface area contributed by atoms with Gasteiger partial charge in [0.2, 0.25) is 0 Å². The monoisotopic (exact) mass is 764 g/mol. The molecule has 0 amide bonds. The predicted octanol–water partition coefficient (Wildman–Crippen LogP) is 9.48. The number of hydrogen-bond donors (Lipinski definition) is 0. The number of carbonyl (C=O) groups excluding carboxylic acids is 5. The summed E-state index contributed by atoms with van der Waals surface area (Å²) in [6.07, 6.45) is 14.6. The van der Waals surface area contributed by atoms with Gasteiger partial charge in [-0.1, -0.05) is 37.4 Å². The number of esters is 5. The zero-order valence-electron chi connectivity index (χ0n) is 32.2. The molecule has 0 N–H and O–H groups in total. The first-order valence-electron chi connectivity index (χ1n) is 19.6. The minimum absolute atomic E-state index is 0.00935. The van der Waals surface area contributed by atoms with Gasteiger partial charge in [-0.15, -0.1) is 0 Å². The Kier molecular flexibility index (Phi) is 15.6. The highest BCUT2D eigenvalue weighted by Gasteiger charge is 2.25. The van der Waals surface area contributed by atoms with Gasteiger partial charge in [-0.05, 0) is 154 Å². The standard InChI is InChI=1S/C46H52O10/c1-4-42(47)53-28-6-8-31-10-14-33(15-11-31)35-18-22-37(23-19-35)45(50)55-40-27-26-39(44(49)52-3)30-41(40)56-46(51)38-24-20-36(21-25-38)34-16-12-32(13-17-34)9-7-29-54-43(48)5-2/h4-5,18-27,30-34H,1-2,6-17,28-29H2,3H3. The van der Waals surface area contributed by atoms with Crippen molar-refractivity contribution >= 4 is 29.8 Å². The molecule has 0 saturated heterocycles. The van der Waals surface area contributed by atoms with E-state index in [0.717, 1.165) is 88.2 Å². The molecule has 0 heterocycles. The molecule has 0 aliphatic heterocycles. The van der Waals surface area contributed by atoms with E-state index in [0.29, 0.717) is 48.0 Å². The summed E-state index contributed by atoms with van der Waals surface area (Å²) in [7, 11) is 1.25. The molecule has 0 spiro atoms. The van der Waals surface area contributed by atoms with E-state index in [1.165, 1.54) is 37.5 Å². The molecule has 2 fully saturated rings. The zero-order chi connectivity index (χ0) is 39.9. The lowest BCUT2D eigenvalue weighted by Gasteiger charge is -2.29. The second-order valence-electron chi connectivity index (χ2n) is 14.6. The number of methoxy groups -OCH3 is 1. The summed E-state index contributed by atoms with van der Waals surface area (Å²) in [6.45, 7) is 7.67. The van der Waals surface area contributed by atoms with Crippen molar-refractivity contribution in [2.75, 3.05) is 20.3 Å². The third-order valence-electron chi connectivity index (χ3n) is 11.0. The van der Waals surface area contributed by atoms with E-state index in [1.54, 1.807) is 24.3 Å². The SMILES string of the molecule is C=CC(=O)OCCCC1CCC(c2ccc(C(=O)Oc3ccc(C(=O)OC)cc3OC(=O)c3ccc(C4CCC(CCCOC(=O)C=C)CC4)cc3)cc2)CC1. The number of benzene rings is 3. The smallest absolute Gasteiger partial charge is 0.343 e. The van der Waals surface area contributed by atoms with Crippen LogP contribution in [0.25, 0.3) is 0 Å². The number of rotatable bonds is 17. The third-order valence-corrected chi connectivity index (χ3v) is 11.0. The molecule has 5 rings (SSSR count). The first-order chi connectivity index (χ1) is 27.2. The van der Waals surface area contributed by atoms with Gasteiger partial charge in [-0.25, -0.2) is 24.0 Å². The summed E-state index contributed by atoms with van der Waals surface area (Å²) in [4.78, 5) is 61.5. The maximum Gasteiger partial charge on any atom is 0.343 e. The second-order valence-corrected chi connectivity index (χ2v) is 14.6. The van der Waals surface area contributed by atoms with E-state index in [9.17, 15) is 24.0 Å².